The molecule has 0 aromatic heterocycles. The van der Waals surface area contributed by atoms with Gasteiger partial charge in [-0.05, 0) is 49.4 Å². The summed E-state index contributed by atoms with van der Waals surface area (Å²) in [6, 6.07) is 8.89. The Morgan fingerprint density at radius 3 is 2.42 bits per heavy atom. The van der Waals surface area contributed by atoms with Gasteiger partial charge in [0.05, 0.1) is 0 Å². The number of amides is 4. The lowest BCUT2D eigenvalue weighted by Gasteiger charge is -2.19. The van der Waals surface area contributed by atoms with Crippen molar-refractivity contribution >= 4 is 29.2 Å². The minimum atomic E-state index is -0.824. The minimum Gasteiger partial charge on any atom is -0.324 e. The molecule has 1 N–H and O–H groups in total. The van der Waals surface area contributed by atoms with Crippen LogP contribution in [0, 0.1) is 11.6 Å². The van der Waals surface area contributed by atoms with Gasteiger partial charge in [-0.2, -0.15) is 0 Å². The molecule has 26 heavy (non-hydrogen) atoms. The SMILES string of the molecule is CC1C(=O)N(CC(=O)Nc2cccc(F)c2)C(=O)N1c1ccc(F)cc1. The van der Waals surface area contributed by atoms with Crippen LogP contribution in [0.15, 0.2) is 48.5 Å². The van der Waals surface area contributed by atoms with Crippen molar-refractivity contribution in [1.82, 2.24) is 4.90 Å². The lowest BCUT2D eigenvalue weighted by molar-refractivity contribution is -0.130. The Hall–Kier alpha value is -3.29. The van der Waals surface area contributed by atoms with Gasteiger partial charge in [-0.1, -0.05) is 6.07 Å². The Bertz CT molecular complexity index is 870. The normalized spacial score (nSPS) is 17.0. The highest BCUT2D eigenvalue weighted by molar-refractivity contribution is 6.16. The van der Waals surface area contributed by atoms with Crippen LogP contribution < -0.4 is 10.2 Å². The van der Waals surface area contributed by atoms with Gasteiger partial charge in [-0.15, -0.1) is 0 Å². The third-order valence-corrected chi connectivity index (χ3v) is 3.96. The quantitative estimate of drug-likeness (QED) is 0.854. The summed E-state index contributed by atoms with van der Waals surface area (Å²) < 4.78 is 26.2. The molecule has 1 saturated heterocycles. The van der Waals surface area contributed by atoms with E-state index in [0.717, 1.165) is 11.0 Å². The average Bonchev–Trinajstić information content (AvgIpc) is 2.80. The first kappa shape index (κ1) is 17.5. The Morgan fingerprint density at radius 1 is 1.08 bits per heavy atom. The molecule has 6 nitrogen and oxygen atoms in total. The summed E-state index contributed by atoms with van der Waals surface area (Å²) in [5.41, 5.74) is 0.572. The molecule has 1 aliphatic heterocycles. The fourth-order valence-corrected chi connectivity index (χ4v) is 2.72. The van der Waals surface area contributed by atoms with E-state index in [9.17, 15) is 23.2 Å². The molecule has 4 amide bonds. The molecule has 0 radical (unpaired) electrons. The number of hydrogen-bond donors (Lipinski definition) is 1. The van der Waals surface area contributed by atoms with Gasteiger partial charge in [0.2, 0.25) is 5.91 Å². The molecule has 2 aromatic rings. The first-order chi connectivity index (χ1) is 12.4. The van der Waals surface area contributed by atoms with Gasteiger partial charge in [0.15, 0.2) is 0 Å². The van der Waals surface area contributed by atoms with Crippen molar-refractivity contribution in [3.8, 4) is 0 Å². The number of imide groups is 1. The molecule has 1 aliphatic rings. The van der Waals surface area contributed by atoms with Crippen LogP contribution in [-0.2, 0) is 9.59 Å². The third-order valence-electron chi connectivity index (χ3n) is 3.96. The van der Waals surface area contributed by atoms with Crippen molar-refractivity contribution < 1.29 is 23.2 Å². The molecule has 1 heterocycles. The van der Waals surface area contributed by atoms with E-state index in [-0.39, 0.29) is 5.69 Å². The monoisotopic (exact) mass is 359 g/mol. The molecular weight excluding hydrogens is 344 g/mol. The number of hydrogen-bond acceptors (Lipinski definition) is 3. The van der Waals surface area contributed by atoms with E-state index in [2.05, 4.69) is 5.32 Å². The minimum absolute atomic E-state index is 0.220. The number of anilines is 2. The van der Waals surface area contributed by atoms with E-state index < -0.39 is 42.1 Å². The zero-order valence-corrected chi connectivity index (χ0v) is 13.8. The second-order valence-corrected chi connectivity index (χ2v) is 5.79. The number of carbonyl (C=O) groups is 3. The maximum absolute atomic E-state index is 13.2. The standard InChI is InChI=1S/C18H15F2N3O3/c1-11-17(25)22(10-16(24)21-14-4-2-3-13(20)9-14)18(26)23(11)15-7-5-12(19)6-8-15/h2-9,11H,10H2,1H3,(H,21,24). The second kappa shape index (κ2) is 6.91. The number of halogens is 2. The molecule has 1 atom stereocenters. The number of carbonyl (C=O) groups excluding carboxylic acids is 3. The van der Waals surface area contributed by atoms with Crippen LogP contribution in [0.2, 0.25) is 0 Å². The molecule has 1 fully saturated rings. The van der Waals surface area contributed by atoms with Gasteiger partial charge >= 0.3 is 6.03 Å². The van der Waals surface area contributed by atoms with Crippen LogP contribution in [0.25, 0.3) is 0 Å². The Morgan fingerprint density at radius 2 is 1.77 bits per heavy atom. The number of benzene rings is 2. The molecule has 0 saturated carbocycles. The largest absolute Gasteiger partial charge is 0.332 e. The van der Waals surface area contributed by atoms with E-state index >= 15 is 0 Å². The van der Waals surface area contributed by atoms with E-state index in [4.69, 9.17) is 0 Å². The van der Waals surface area contributed by atoms with Gasteiger partial charge in [0.1, 0.15) is 24.2 Å². The average molecular weight is 359 g/mol. The molecule has 3 rings (SSSR count). The molecule has 0 aliphatic carbocycles. The first-order valence-corrected chi connectivity index (χ1v) is 7.82. The highest BCUT2D eigenvalue weighted by Crippen LogP contribution is 2.26. The molecule has 134 valence electrons. The molecule has 1 unspecified atom stereocenters. The molecular formula is C18H15F2N3O3. The van der Waals surface area contributed by atoms with E-state index in [0.29, 0.717) is 5.69 Å². The fraction of sp³-hybridized carbons (Fsp3) is 0.167. The van der Waals surface area contributed by atoms with E-state index in [1.54, 1.807) is 0 Å². The molecule has 8 heteroatoms. The predicted octanol–water partition coefficient (Wildman–Crippen LogP) is 2.76. The molecule has 0 bridgehead atoms. The van der Waals surface area contributed by atoms with Crippen molar-refractivity contribution in [2.45, 2.75) is 13.0 Å². The van der Waals surface area contributed by atoms with Crippen LogP contribution in [0.3, 0.4) is 0 Å². The van der Waals surface area contributed by atoms with Crippen molar-refractivity contribution in [2.75, 3.05) is 16.8 Å². The summed E-state index contributed by atoms with van der Waals surface area (Å²) in [5, 5.41) is 2.43. The Balaban J connectivity index is 1.74. The summed E-state index contributed by atoms with van der Waals surface area (Å²) in [7, 11) is 0. The third kappa shape index (κ3) is 3.39. The summed E-state index contributed by atoms with van der Waals surface area (Å²) in [6.07, 6.45) is 0. The zero-order valence-electron chi connectivity index (χ0n) is 13.8. The topological polar surface area (TPSA) is 69.7 Å². The van der Waals surface area contributed by atoms with Gasteiger partial charge in [-0.3, -0.25) is 19.4 Å². The van der Waals surface area contributed by atoms with Crippen LogP contribution in [0.1, 0.15) is 6.92 Å². The maximum Gasteiger partial charge on any atom is 0.332 e. The molecule has 2 aromatic carbocycles. The van der Waals surface area contributed by atoms with Gasteiger partial charge in [0, 0.05) is 11.4 Å². The van der Waals surface area contributed by atoms with Crippen molar-refractivity contribution in [3.63, 3.8) is 0 Å². The number of urea groups is 1. The van der Waals surface area contributed by atoms with E-state index in [1.807, 2.05) is 0 Å². The summed E-state index contributed by atoms with van der Waals surface area (Å²) in [5.74, 6) is -2.17. The second-order valence-electron chi connectivity index (χ2n) is 5.79. The van der Waals surface area contributed by atoms with Crippen molar-refractivity contribution in [3.05, 3.63) is 60.2 Å². The summed E-state index contributed by atoms with van der Waals surface area (Å²) in [6.45, 7) is 1.02. The van der Waals surface area contributed by atoms with Crippen LogP contribution in [-0.4, -0.2) is 35.3 Å². The van der Waals surface area contributed by atoms with Crippen LogP contribution in [0.5, 0.6) is 0 Å². The lowest BCUT2D eigenvalue weighted by Crippen LogP contribution is -2.39. The Kier molecular flexibility index (Phi) is 4.66. The number of rotatable bonds is 4. The lowest BCUT2D eigenvalue weighted by atomic mass is 10.2. The summed E-state index contributed by atoms with van der Waals surface area (Å²) >= 11 is 0. The van der Waals surface area contributed by atoms with Gasteiger partial charge in [-0.25, -0.2) is 13.6 Å². The fourth-order valence-electron chi connectivity index (χ4n) is 2.72. The first-order valence-electron chi connectivity index (χ1n) is 7.82. The van der Waals surface area contributed by atoms with Gasteiger partial charge < -0.3 is 5.32 Å². The highest BCUT2D eigenvalue weighted by Gasteiger charge is 2.44. The molecule has 0 spiro atoms. The van der Waals surface area contributed by atoms with E-state index in [1.165, 1.54) is 54.3 Å². The van der Waals surface area contributed by atoms with Gasteiger partial charge in [0.25, 0.3) is 5.91 Å². The Labute approximate surface area is 148 Å². The predicted molar refractivity (Wildman–Crippen MR) is 90.5 cm³/mol. The smallest absolute Gasteiger partial charge is 0.324 e. The van der Waals surface area contributed by atoms with Crippen molar-refractivity contribution in [1.29, 1.82) is 0 Å². The van der Waals surface area contributed by atoms with Crippen molar-refractivity contribution in [2.24, 2.45) is 0 Å². The van der Waals surface area contributed by atoms with Crippen LogP contribution >= 0.6 is 0 Å². The highest BCUT2D eigenvalue weighted by atomic mass is 19.1. The maximum atomic E-state index is 13.2. The number of nitrogens with one attached hydrogen (secondary N) is 1. The zero-order chi connectivity index (χ0) is 18.8. The van der Waals surface area contributed by atoms with Crippen LogP contribution in [0.4, 0.5) is 25.0 Å². The summed E-state index contributed by atoms with van der Waals surface area (Å²) in [4.78, 5) is 39.0. The number of nitrogens with zero attached hydrogens (tertiary/aromatic N) is 2.